The Bertz CT molecular complexity index is 990. The highest BCUT2D eigenvalue weighted by Gasteiger charge is 2.47. The fourth-order valence-electron chi connectivity index (χ4n) is 3.11. The Kier molecular flexibility index (Phi) is 7.97. The molecule has 1 saturated heterocycles. The molecule has 0 spiro atoms. The summed E-state index contributed by atoms with van der Waals surface area (Å²) in [5.74, 6) is 0. The molecule has 34 heavy (non-hydrogen) atoms. The van der Waals surface area contributed by atoms with Crippen LogP contribution < -0.4 is 11.2 Å². The van der Waals surface area contributed by atoms with Crippen molar-refractivity contribution in [2.45, 2.75) is 109 Å². The lowest BCUT2D eigenvalue weighted by Gasteiger charge is -2.40. The van der Waals surface area contributed by atoms with Crippen molar-refractivity contribution in [2.75, 3.05) is 6.61 Å². The minimum atomic E-state index is -4.90. The van der Waals surface area contributed by atoms with Gasteiger partial charge in [0.25, 0.3) is 5.56 Å². The van der Waals surface area contributed by atoms with Crippen LogP contribution in [0, 0.1) is 0 Å². The number of hydrogen-bond acceptors (Lipinski definition) is 5. The Morgan fingerprint density at radius 3 is 2.03 bits per heavy atom. The number of ether oxygens (including phenoxy) is 1. The quantitative estimate of drug-likeness (QED) is 0.514. The third-order valence-electron chi connectivity index (χ3n) is 7.43. The average Bonchev–Trinajstić information content (AvgIpc) is 2.98. The molecular weight excluding hydrogens is 485 g/mol. The van der Waals surface area contributed by atoms with Crippen LogP contribution in [0.4, 0.5) is 13.2 Å². The minimum Gasteiger partial charge on any atom is -0.414 e. The third-order valence-corrected chi connectivity index (χ3v) is 16.4. The fourth-order valence-corrected chi connectivity index (χ4v) is 5.48. The summed E-state index contributed by atoms with van der Waals surface area (Å²) in [5.41, 5.74) is -3.88. The molecule has 0 aromatic carbocycles. The second-order valence-corrected chi connectivity index (χ2v) is 21.6. The number of aromatic amines is 1. The number of aromatic nitrogens is 2. The summed E-state index contributed by atoms with van der Waals surface area (Å²) in [5, 5.41) is -0.146. The molecule has 0 unspecified atom stereocenters. The molecule has 0 aliphatic carbocycles. The van der Waals surface area contributed by atoms with E-state index < -0.39 is 58.1 Å². The zero-order valence-electron chi connectivity index (χ0n) is 21.8. The highest BCUT2D eigenvalue weighted by molar-refractivity contribution is 6.74. The SMILES string of the molecule is CC(C)(C)[Si](C)(C)OC[C@H]1O[C@@H](n2cc(C(F)(F)F)c(=O)[nH]c2=O)C[C@@H]1O[Si](C)(C)C(C)(C)C. The Hall–Kier alpha value is -1.22. The number of hydrogen-bond donors (Lipinski definition) is 1. The molecular formula is C22H39F3N2O5Si2. The number of nitrogens with one attached hydrogen (secondary N) is 1. The Balaban J connectivity index is 2.41. The molecule has 196 valence electrons. The summed E-state index contributed by atoms with van der Waals surface area (Å²) >= 11 is 0. The normalized spacial score (nSPS) is 22.9. The van der Waals surface area contributed by atoms with E-state index in [4.69, 9.17) is 13.6 Å². The highest BCUT2D eigenvalue weighted by Crippen LogP contribution is 2.42. The first-order valence-electron chi connectivity index (χ1n) is 11.5. The van der Waals surface area contributed by atoms with Crippen molar-refractivity contribution in [2.24, 2.45) is 0 Å². The van der Waals surface area contributed by atoms with Gasteiger partial charge in [-0.05, 0) is 36.3 Å². The van der Waals surface area contributed by atoms with Crippen LogP contribution in [0.3, 0.4) is 0 Å². The summed E-state index contributed by atoms with van der Waals surface area (Å²) in [4.78, 5) is 25.9. The molecule has 0 bridgehead atoms. The lowest BCUT2D eigenvalue weighted by Crippen LogP contribution is -2.48. The second-order valence-electron chi connectivity index (χ2n) is 12.1. The molecule has 1 aromatic heterocycles. The molecule has 1 fully saturated rings. The van der Waals surface area contributed by atoms with Crippen molar-refractivity contribution in [3.05, 3.63) is 32.6 Å². The first kappa shape index (κ1) is 29.0. The van der Waals surface area contributed by atoms with Crippen LogP contribution in [0.15, 0.2) is 15.8 Å². The number of alkyl halides is 3. The summed E-state index contributed by atoms with van der Waals surface area (Å²) in [6.07, 6.45) is -6.25. The Labute approximate surface area is 201 Å². The van der Waals surface area contributed by atoms with Gasteiger partial charge >= 0.3 is 11.9 Å². The van der Waals surface area contributed by atoms with Crippen molar-refractivity contribution >= 4 is 16.6 Å². The van der Waals surface area contributed by atoms with Gasteiger partial charge in [0.05, 0.1) is 12.7 Å². The molecule has 12 heteroatoms. The highest BCUT2D eigenvalue weighted by atomic mass is 28.4. The maximum atomic E-state index is 13.3. The molecule has 7 nitrogen and oxygen atoms in total. The van der Waals surface area contributed by atoms with E-state index in [1.807, 2.05) is 0 Å². The van der Waals surface area contributed by atoms with E-state index in [9.17, 15) is 22.8 Å². The van der Waals surface area contributed by atoms with Gasteiger partial charge in [-0.3, -0.25) is 14.3 Å². The van der Waals surface area contributed by atoms with Crippen LogP contribution >= 0.6 is 0 Å². The van der Waals surface area contributed by atoms with E-state index >= 15 is 0 Å². The molecule has 0 radical (unpaired) electrons. The van der Waals surface area contributed by atoms with Gasteiger partial charge < -0.3 is 13.6 Å². The predicted octanol–water partition coefficient (Wildman–Crippen LogP) is 5.26. The topological polar surface area (TPSA) is 82.5 Å². The number of halogens is 3. The van der Waals surface area contributed by atoms with Gasteiger partial charge in [0.15, 0.2) is 16.6 Å². The lowest BCUT2D eigenvalue weighted by molar-refractivity contribution is -0.139. The molecule has 0 saturated carbocycles. The van der Waals surface area contributed by atoms with Crippen LogP contribution in [0.2, 0.25) is 36.3 Å². The molecule has 2 heterocycles. The van der Waals surface area contributed by atoms with Crippen LogP contribution in [-0.2, 0) is 19.8 Å². The third kappa shape index (κ3) is 6.31. The summed E-state index contributed by atoms with van der Waals surface area (Å²) in [6, 6.07) is 0. The van der Waals surface area contributed by atoms with Gasteiger partial charge in [-0.15, -0.1) is 0 Å². The van der Waals surface area contributed by atoms with E-state index in [-0.39, 0.29) is 23.1 Å². The van der Waals surface area contributed by atoms with E-state index in [2.05, 4.69) is 67.7 Å². The summed E-state index contributed by atoms with van der Waals surface area (Å²) < 4.78 is 59.7. The molecule has 1 aromatic rings. The fraction of sp³-hybridized carbons (Fsp3) is 0.818. The molecule has 0 amide bonds. The van der Waals surface area contributed by atoms with Crippen LogP contribution in [0.25, 0.3) is 0 Å². The van der Waals surface area contributed by atoms with Crippen molar-refractivity contribution in [3.8, 4) is 0 Å². The lowest BCUT2D eigenvalue weighted by atomic mass is 10.2. The van der Waals surface area contributed by atoms with Gasteiger partial charge in [0, 0.05) is 12.6 Å². The Morgan fingerprint density at radius 2 is 1.56 bits per heavy atom. The van der Waals surface area contributed by atoms with Crippen LogP contribution in [0.5, 0.6) is 0 Å². The van der Waals surface area contributed by atoms with Crippen molar-refractivity contribution in [1.82, 2.24) is 9.55 Å². The van der Waals surface area contributed by atoms with E-state index in [0.717, 1.165) is 4.57 Å². The molecule has 2 rings (SSSR count). The zero-order valence-corrected chi connectivity index (χ0v) is 23.8. The smallest absolute Gasteiger partial charge is 0.414 e. The first-order valence-corrected chi connectivity index (χ1v) is 17.3. The van der Waals surface area contributed by atoms with Crippen molar-refractivity contribution in [1.29, 1.82) is 0 Å². The second kappa shape index (κ2) is 9.34. The minimum absolute atomic E-state index is 0.0434. The standard InChI is InChI=1S/C22H39F3N2O5Si2/c1-20(2,3)33(7,8)30-13-16-15(32-34(9,10)21(4,5)6)11-17(31-16)27-12-14(22(23,24)25)18(28)26-19(27)29/h12,15-17H,11,13H2,1-10H3,(H,26,28,29)/t15-,16+,17+/m0/s1. The molecule has 3 atom stereocenters. The largest absolute Gasteiger partial charge is 0.423 e. The molecule has 1 aliphatic rings. The van der Waals surface area contributed by atoms with Gasteiger partial charge in [0.2, 0.25) is 0 Å². The Morgan fingerprint density at radius 1 is 1.03 bits per heavy atom. The van der Waals surface area contributed by atoms with Crippen molar-refractivity contribution < 1.29 is 26.8 Å². The maximum Gasteiger partial charge on any atom is 0.423 e. The zero-order chi connectivity index (χ0) is 26.5. The van der Waals surface area contributed by atoms with Crippen molar-refractivity contribution in [3.63, 3.8) is 0 Å². The number of nitrogens with zero attached hydrogens (tertiary/aromatic N) is 1. The van der Waals surface area contributed by atoms with Gasteiger partial charge in [-0.25, -0.2) is 4.79 Å². The summed E-state index contributed by atoms with van der Waals surface area (Å²) in [6.45, 7) is 21.2. The van der Waals surface area contributed by atoms with Gasteiger partial charge in [-0.1, -0.05) is 41.5 Å². The number of H-pyrrole nitrogens is 1. The first-order chi connectivity index (χ1) is 15.1. The van der Waals surface area contributed by atoms with Gasteiger partial charge in [-0.2, -0.15) is 13.2 Å². The van der Waals surface area contributed by atoms with E-state index in [1.54, 1.807) is 4.98 Å². The predicted molar refractivity (Wildman–Crippen MR) is 130 cm³/mol. The molecule has 1 N–H and O–H groups in total. The van der Waals surface area contributed by atoms with E-state index in [0.29, 0.717) is 6.20 Å². The van der Waals surface area contributed by atoms with E-state index in [1.165, 1.54) is 0 Å². The maximum absolute atomic E-state index is 13.3. The van der Waals surface area contributed by atoms with Gasteiger partial charge in [0.1, 0.15) is 17.9 Å². The molecule has 1 aliphatic heterocycles. The summed E-state index contributed by atoms with van der Waals surface area (Å²) in [7, 11) is -4.41. The van der Waals surface area contributed by atoms with Crippen LogP contribution in [-0.4, -0.2) is 45.0 Å². The number of rotatable bonds is 6. The monoisotopic (exact) mass is 524 g/mol. The van der Waals surface area contributed by atoms with Crippen LogP contribution in [0.1, 0.15) is 59.8 Å². The average molecular weight is 525 g/mol.